The topological polar surface area (TPSA) is 83.6 Å². The van der Waals surface area contributed by atoms with Crippen LogP contribution < -0.4 is 5.73 Å². The minimum Gasteiger partial charge on any atom is -0.506 e. The number of hydrogen-bond donors (Lipinski definition) is 2. The number of phenolic OH excluding ortho intramolecular Hbond substituents is 1. The number of anilines is 1. The van der Waals surface area contributed by atoms with Gasteiger partial charge in [0.1, 0.15) is 10.6 Å². The average Bonchev–Trinajstić information content (AvgIpc) is 2.02. The summed E-state index contributed by atoms with van der Waals surface area (Å²) in [5, 5.41) is 9.39. The van der Waals surface area contributed by atoms with Crippen molar-refractivity contribution in [1.29, 1.82) is 0 Å². The Hall–Kier alpha value is -1.27. The van der Waals surface area contributed by atoms with Crippen LogP contribution in [0.5, 0.6) is 5.75 Å². The van der Waals surface area contributed by atoms with Crippen LogP contribution in [0.2, 0.25) is 0 Å². The van der Waals surface area contributed by atoms with Crippen LogP contribution in [0.3, 0.4) is 0 Å². The van der Waals surface area contributed by atoms with Crippen molar-refractivity contribution in [3.05, 3.63) is 18.2 Å². The summed E-state index contributed by atoms with van der Waals surface area (Å²) < 4.78 is 24.2. The summed E-state index contributed by atoms with van der Waals surface area (Å²) in [6.45, 7) is 0. The monoisotopic (exact) mass is 216 g/mol. The lowest BCUT2D eigenvalue weighted by Gasteiger charge is -2.12. The van der Waals surface area contributed by atoms with Crippen LogP contribution in [-0.2, 0) is 10.0 Å². The molecule has 0 saturated heterocycles. The summed E-state index contributed by atoms with van der Waals surface area (Å²) >= 11 is 0. The van der Waals surface area contributed by atoms with E-state index in [1.165, 1.54) is 32.3 Å². The number of benzene rings is 1. The van der Waals surface area contributed by atoms with E-state index in [1.54, 1.807) is 0 Å². The molecular formula is C8H12N2O3S. The molecule has 5 nitrogen and oxygen atoms in total. The average molecular weight is 216 g/mol. The molecule has 0 aliphatic carbocycles. The molecule has 0 aliphatic rings. The van der Waals surface area contributed by atoms with Gasteiger partial charge in [-0.15, -0.1) is 0 Å². The first-order valence-corrected chi connectivity index (χ1v) is 5.30. The fraction of sp³-hybridized carbons (Fsp3) is 0.250. The standard InChI is InChI=1S/C8H12N2O3S/c1-10(2)14(12,13)8-4-3-6(9)5-7(8)11/h3-5,11H,9H2,1-2H3. The molecule has 0 fully saturated rings. The highest BCUT2D eigenvalue weighted by Crippen LogP contribution is 2.26. The summed E-state index contributed by atoms with van der Waals surface area (Å²) in [5.74, 6) is -0.335. The van der Waals surface area contributed by atoms with Gasteiger partial charge in [0.25, 0.3) is 0 Å². The third-order valence-electron chi connectivity index (χ3n) is 1.74. The molecule has 0 bridgehead atoms. The molecule has 14 heavy (non-hydrogen) atoms. The van der Waals surface area contributed by atoms with E-state index in [9.17, 15) is 13.5 Å². The Morgan fingerprint density at radius 2 is 1.93 bits per heavy atom. The van der Waals surface area contributed by atoms with Crippen LogP contribution in [0.4, 0.5) is 5.69 Å². The molecule has 1 aromatic carbocycles. The first-order valence-electron chi connectivity index (χ1n) is 3.86. The minimum atomic E-state index is -3.60. The van der Waals surface area contributed by atoms with E-state index in [4.69, 9.17) is 5.73 Å². The summed E-state index contributed by atoms with van der Waals surface area (Å²) in [6, 6.07) is 3.91. The fourth-order valence-electron chi connectivity index (χ4n) is 0.949. The number of rotatable bonds is 2. The second-order valence-electron chi connectivity index (χ2n) is 3.01. The first-order chi connectivity index (χ1) is 6.35. The van der Waals surface area contributed by atoms with Gasteiger partial charge in [-0.05, 0) is 12.1 Å². The molecule has 6 heteroatoms. The zero-order chi connectivity index (χ0) is 10.9. The van der Waals surface area contributed by atoms with Crippen molar-refractivity contribution in [1.82, 2.24) is 4.31 Å². The molecule has 0 unspecified atom stereocenters. The molecule has 0 saturated carbocycles. The molecule has 1 aromatic rings. The van der Waals surface area contributed by atoms with Gasteiger partial charge in [-0.3, -0.25) is 0 Å². The van der Waals surface area contributed by atoms with Crippen molar-refractivity contribution < 1.29 is 13.5 Å². The highest BCUT2D eigenvalue weighted by molar-refractivity contribution is 7.89. The van der Waals surface area contributed by atoms with Gasteiger partial charge in [-0.1, -0.05) is 0 Å². The first kappa shape index (κ1) is 10.8. The predicted molar refractivity (Wildman–Crippen MR) is 53.4 cm³/mol. The third kappa shape index (κ3) is 1.80. The fourth-order valence-corrected chi connectivity index (χ4v) is 1.91. The Balaban J connectivity index is 3.35. The van der Waals surface area contributed by atoms with Crippen molar-refractivity contribution in [3.8, 4) is 5.75 Å². The van der Waals surface area contributed by atoms with Crippen molar-refractivity contribution in [3.63, 3.8) is 0 Å². The number of nitrogens with zero attached hydrogens (tertiary/aromatic N) is 1. The zero-order valence-corrected chi connectivity index (χ0v) is 8.75. The van der Waals surface area contributed by atoms with Gasteiger partial charge in [0.15, 0.2) is 0 Å². The molecule has 0 amide bonds. The number of phenols is 1. The smallest absolute Gasteiger partial charge is 0.246 e. The van der Waals surface area contributed by atoms with Gasteiger partial charge in [0.2, 0.25) is 10.0 Å². The van der Waals surface area contributed by atoms with Gasteiger partial charge < -0.3 is 10.8 Å². The van der Waals surface area contributed by atoms with Crippen molar-refractivity contribution in [2.24, 2.45) is 0 Å². The third-order valence-corrected chi connectivity index (χ3v) is 3.60. The van der Waals surface area contributed by atoms with E-state index in [1.807, 2.05) is 0 Å². The molecule has 0 spiro atoms. The predicted octanol–water partition coefficient (Wildman–Crippen LogP) is 0.225. The van der Waals surface area contributed by atoms with Gasteiger partial charge in [-0.2, -0.15) is 0 Å². The van der Waals surface area contributed by atoms with E-state index < -0.39 is 10.0 Å². The Morgan fingerprint density at radius 1 is 1.36 bits per heavy atom. The van der Waals surface area contributed by atoms with Crippen LogP contribution >= 0.6 is 0 Å². The zero-order valence-electron chi connectivity index (χ0n) is 7.93. The number of nitrogens with two attached hydrogens (primary N) is 1. The molecule has 78 valence electrons. The molecular weight excluding hydrogens is 204 g/mol. The van der Waals surface area contributed by atoms with Crippen LogP contribution in [0.25, 0.3) is 0 Å². The number of hydrogen-bond acceptors (Lipinski definition) is 4. The molecule has 0 aromatic heterocycles. The lowest BCUT2D eigenvalue weighted by Crippen LogP contribution is -2.22. The summed E-state index contributed by atoms with van der Waals surface area (Å²) in [7, 11) is -0.809. The highest BCUT2D eigenvalue weighted by Gasteiger charge is 2.20. The molecule has 0 aliphatic heterocycles. The highest BCUT2D eigenvalue weighted by atomic mass is 32.2. The van der Waals surface area contributed by atoms with Crippen molar-refractivity contribution in [2.45, 2.75) is 4.90 Å². The normalized spacial score (nSPS) is 11.9. The number of nitrogen functional groups attached to an aromatic ring is 1. The largest absolute Gasteiger partial charge is 0.506 e. The van der Waals surface area contributed by atoms with E-state index in [0.29, 0.717) is 5.69 Å². The molecule has 1 rings (SSSR count). The van der Waals surface area contributed by atoms with Crippen LogP contribution in [0.15, 0.2) is 23.1 Å². The quantitative estimate of drug-likeness (QED) is 0.693. The summed E-state index contributed by atoms with van der Waals surface area (Å²) in [6.07, 6.45) is 0. The maximum Gasteiger partial charge on any atom is 0.246 e. The van der Waals surface area contributed by atoms with Gasteiger partial charge in [-0.25, -0.2) is 12.7 Å². The van der Waals surface area contributed by atoms with Gasteiger partial charge >= 0.3 is 0 Å². The Morgan fingerprint density at radius 3 is 2.36 bits per heavy atom. The van der Waals surface area contributed by atoms with Gasteiger partial charge in [0.05, 0.1) is 0 Å². The maximum absolute atomic E-state index is 11.6. The lowest BCUT2D eigenvalue weighted by atomic mass is 10.3. The van der Waals surface area contributed by atoms with Crippen molar-refractivity contribution in [2.75, 3.05) is 19.8 Å². The summed E-state index contributed by atoms with van der Waals surface area (Å²) in [5.41, 5.74) is 5.70. The van der Waals surface area contributed by atoms with E-state index in [2.05, 4.69) is 0 Å². The van der Waals surface area contributed by atoms with Gasteiger partial charge in [0, 0.05) is 25.8 Å². The van der Waals surface area contributed by atoms with Crippen LogP contribution in [-0.4, -0.2) is 31.9 Å². The maximum atomic E-state index is 11.6. The van der Waals surface area contributed by atoms with Crippen molar-refractivity contribution >= 4 is 15.7 Å². The van der Waals surface area contributed by atoms with E-state index in [0.717, 1.165) is 4.31 Å². The Bertz CT molecular complexity index is 440. The second kappa shape index (κ2) is 3.47. The Kier molecular flexibility index (Phi) is 2.68. The molecule has 3 N–H and O–H groups in total. The number of sulfonamides is 1. The van der Waals surface area contributed by atoms with E-state index >= 15 is 0 Å². The minimum absolute atomic E-state index is 0.142. The lowest BCUT2D eigenvalue weighted by molar-refractivity contribution is 0.453. The molecule has 0 heterocycles. The van der Waals surface area contributed by atoms with Crippen LogP contribution in [0, 0.1) is 0 Å². The SMILES string of the molecule is CN(C)S(=O)(=O)c1ccc(N)cc1O. The van der Waals surface area contributed by atoms with Crippen LogP contribution in [0.1, 0.15) is 0 Å². The number of aromatic hydroxyl groups is 1. The Labute approximate surface area is 82.8 Å². The second-order valence-corrected chi connectivity index (χ2v) is 5.13. The van der Waals surface area contributed by atoms with E-state index in [-0.39, 0.29) is 10.6 Å². The molecule has 0 radical (unpaired) electrons. The summed E-state index contributed by atoms with van der Waals surface area (Å²) in [4.78, 5) is -0.142. The molecule has 0 atom stereocenters.